The number of pyridine rings is 1. The van der Waals surface area contributed by atoms with Crippen LogP contribution in [0, 0.1) is 11.3 Å². The SMILES string of the molecule is CSC1CCCC(Nc2ccc(N)c(C#N)n2)C1. The second-order valence-electron chi connectivity index (χ2n) is 4.61. The lowest BCUT2D eigenvalue weighted by atomic mass is 9.95. The van der Waals surface area contributed by atoms with Crippen LogP contribution in [-0.4, -0.2) is 22.5 Å². The highest BCUT2D eigenvalue weighted by Gasteiger charge is 2.21. The summed E-state index contributed by atoms with van der Waals surface area (Å²) < 4.78 is 0. The summed E-state index contributed by atoms with van der Waals surface area (Å²) in [5.41, 5.74) is 6.40. The summed E-state index contributed by atoms with van der Waals surface area (Å²) >= 11 is 1.94. The number of hydrogen-bond acceptors (Lipinski definition) is 5. The maximum atomic E-state index is 8.91. The molecule has 1 aromatic heterocycles. The van der Waals surface area contributed by atoms with E-state index in [1.54, 1.807) is 6.07 Å². The number of nitrogen functional groups attached to an aromatic ring is 1. The van der Waals surface area contributed by atoms with Crippen LogP contribution >= 0.6 is 11.8 Å². The Labute approximate surface area is 112 Å². The van der Waals surface area contributed by atoms with Crippen LogP contribution in [-0.2, 0) is 0 Å². The molecule has 0 spiro atoms. The molecule has 1 aliphatic rings. The van der Waals surface area contributed by atoms with Crippen molar-refractivity contribution in [2.75, 3.05) is 17.3 Å². The second-order valence-corrected chi connectivity index (χ2v) is 5.75. The van der Waals surface area contributed by atoms with E-state index in [2.05, 4.69) is 16.6 Å². The molecule has 1 saturated carbocycles. The van der Waals surface area contributed by atoms with Crippen LogP contribution in [0.15, 0.2) is 12.1 Å². The molecular formula is C13H18N4S. The van der Waals surface area contributed by atoms with Crippen molar-refractivity contribution in [1.82, 2.24) is 4.98 Å². The van der Waals surface area contributed by atoms with E-state index < -0.39 is 0 Å². The Morgan fingerprint density at radius 3 is 3.06 bits per heavy atom. The molecule has 18 heavy (non-hydrogen) atoms. The van der Waals surface area contributed by atoms with Crippen LogP contribution in [0.3, 0.4) is 0 Å². The van der Waals surface area contributed by atoms with Crippen molar-refractivity contribution in [3.05, 3.63) is 17.8 Å². The molecule has 0 bridgehead atoms. The predicted octanol–water partition coefficient (Wildman–Crippen LogP) is 2.62. The molecule has 96 valence electrons. The number of nitrogens with one attached hydrogen (secondary N) is 1. The number of nitrogens with zero attached hydrogens (tertiary/aromatic N) is 2. The van der Waals surface area contributed by atoms with E-state index in [1.165, 1.54) is 19.3 Å². The highest BCUT2D eigenvalue weighted by molar-refractivity contribution is 7.99. The lowest BCUT2D eigenvalue weighted by molar-refractivity contribution is 0.473. The van der Waals surface area contributed by atoms with Gasteiger partial charge in [-0.15, -0.1) is 0 Å². The summed E-state index contributed by atoms with van der Waals surface area (Å²) in [4.78, 5) is 4.23. The molecule has 0 aliphatic heterocycles. The van der Waals surface area contributed by atoms with Gasteiger partial charge in [-0.3, -0.25) is 0 Å². The fourth-order valence-corrected chi connectivity index (χ4v) is 3.17. The lowest BCUT2D eigenvalue weighted by Gasteiger charge is -2.29. The summed E-state index contributed by atoms with van der Waals surface area (Å²) in [5, 5.41) is 13.1. The van der Waals surface area contributed by atoms with Crippen molar-refractivity contribution in [3.63, 3.8) is 0 Å². The van der Waals surface area contributed by atoms with Gasteiger partial charge in [0.05, 0.1) is 5.69 Å². The molecule has 4 nitrogen and oxygen atoms in total. The number of thioether (sulfide) groups is 1. The molecule has 0 amide bonds. The minimum atomic E-state index is 0.303. The van der Waals surface area contributed by atoms with Crippen molar-refractivity contribution in [3.8, 4) is 6.07 Å². The molecule has 0 saturated heterocycles. The summed E-state index contributed by atoms with van der Waals surface area (Å²) in [7, 11) is 0. The fourth-order valence-electron chi connectivity index (χ4n) is 2.34. The zero-order valence-corrected chi connectivity index (χ0v) is 11.3. The Hall–Kier alpha value is -1.41. The summed E-state index contributed by atoms with van der Waals surface area (Å²) in [6.45, 7) is 0. The number of nitrogens with two attached hydrogens (primary N) is 1. The van der Waals surface area contributed by atoms with Crippen LogP contribution in [0.5, 0.6) is 0 Å². The number of anilines is 2. The van der Waals surface area contributed by atoms with Crippen LogP contribution < -0.4 is 11.1 Å². The molecule has 3 N–H and O–H groups in total. The third-order valence-corrected chi connectivity index (χ3v) is 4.44. The van der Waals surface area contributed by atoms with Crippen molar-refractivity contribution in [1.29, 1.82) is 5.26 Å². The normalized spacial score (nSPS) is 23.3. The first-order valence-electron chi connectivity index (χ1n) is 6.19. The second kappa shape index (κ2) is 5.96. The Kier molecular flexibility index (Phi) is 4.32. The smallest absolute Gasteiger partial charge is 0.165 e. The average molecular weight is 262 g/mol. The third kappa shape index (κ3) is 3.08. The van der Waals surface area contributed by atoms with Gasteiger partial charge in [-0.2, -0.15) is 17.0 Å². The van der Waals surface area contributed by atoms with Crippen LogP contribution in [0.25, 0.3) is 0 Å². The van der Waals surface area contributed by atoms with Gasteiger partial charge in [-0.25, -0.2) is 4.98 Å². The predicted molar refractivity (Wildman–Crippen MR) is 76.5 cm³/mol. The highest BCUT2D eigenvalue weighted by atomic mass is 32.2. The minimum absolute atomic E-state index is 0.303. The molecular weight excluding hydrogens is 244 g/mol. The Bertz CT molecular complexity index is 455. The van der Waals surface area contributed by atoms with Gasteiger partial charge in [0.2, 0.25) is 0 Å². The number of aromatic nitrogens is 1. The first kappa shape index (κ1) is 13.0. The van der Waals surface area contributed by atoms with E-state index in [-0.39, 0.29) is 0 Å². The monoisotopic (exact) mass is 262 g/mol. The molecule has 2 atom stereocenters. The van der Waals surface area contributed by atoms with Gasteiger partial charge < -0.3 is 11.1 Å². The highest BCUT2D eigenvalue weighted by Crippen LogP contribution is 2.28. The van der Waals surface area contributed by atoms with Crippen molar-refractivity contribution < 1.29 is 0 Å². The van der Waals surface area contributed by atoms with Crippen molar-refractivity contribution >= 4 is 23.3 Å². The fraction of sp³-hybridized carbons (Fsp3) is 0.538. The van der Waals surface area contributed by atoms with Gasteiger partial charge in [0, 0.05) is 11.3 Å². The van der Waals surface area contributed by atoms with E-state index in [1.807, 2.05) is 23.9 Å². The molecule has 1 heterocycles. The molecule has 1 aliphatic carbocycles. The maximum absolute atomic E-state index is 8.91. The first-order valence-corrected chi connectivity index (χ1v) is 7.47. The molecule has 0 radical (unpaired) electrons. The number of hydrogen-bond donors (Lipinski definition) is 2. The van der Waals surface area contributed by atoms with Crippen LogP contribution in [0.2, 0.25) is 0 Å². The van der Waals surface area contributed by atoms with Gasteiger partial charge in [-0.1, -0.05) is 6.42 Å². The van der Waals surface area contributed by atoms with Crippen molar-refractivity contribution in [2.45, 2.75) is 37.0 Å². The van der Waals surface area contributed by atoms with Gasteiger partial charge in [0.15, 0.2) is 5.69 Å². The quantitative estimate of drug-likeness (QED) is 0.876. The summed E-state index contributed by atoms with van der Waals surface area (Å²) in [6, 6.07) is 6.05. The summed E-state index contributed by atoms with van der Waals surface area (Å²) in [5.74, 6) is 0.757. The Balaban J connectivity index is 2.03. The first-order chi connectivity index (χ1) is 8.72. The standard InChI is InChI=1S/C13H18N4S/c1-18-10-4-2-3-9(7-10)16-13-6-5-11(15)12(8-14)17-13/h5-6,9-10H,2-4,7,15H2,1H3,(H,16,17). The zero-order chi connectivity index (χ0) is 13.0. The van der Waals surface area contributed by atoms with Gasteiger partial charge >= 0.3 is 0 Å². The molecule has 5 heteroatoms. The van der Waals surface area contributed by atoms with E-state index in [0.29, 0.717) is 17.4 Å². The molecule has 2 rings (SSSR count). The topological polar surface area (TPSA) is 74.7 Å². The Morgan fingerprint density at radius 1 is 1.50 bits per heavy atom. The lowest BCUT2D eigenvalue weighted by Crippen LogP contribution is -2.28. The van der Waals surface area contributed by atoms with Gasteiger partial charge in [0.25, 0.3) is 0 Å². The molecule has 1 fully saturated rings. The minimum Gasteiger partial charge on any atom is -0.396 e. The molecule has 2 unspecified atom stereocenters. The van der Waals surface area contributed by atoms with Gasteiger partial charge in [0.1, 0.15) is 11.9 Å². The number of nitriles is 1. The van der Waals surface area contributed by atoms with Crippen LogP contribution in [0.1, 0.15) is 31.4 Å². The summed E-state index contributed by atoms with van der Waals surface area (Å²) in [6.07, 6.45) is 7.06. The van der Waals surface area contributed by atoms with Crippen LogP contribution in [0.4, 0.5) is 11.5 Å². The van der Waals surface area contributed by atoms with Crippen molar-refractivity contribution in [2.24, 2.45) is 0 Å². The average Bonchev–Trinajstić information content (AvgIpc) is 2.41. The largest absolute Gasteiger partial charge is 0.396 e. The molecule has 1 aromatic rings. The maximum Gasteiger partial charge on any atom is 0.165 e. The van der Waals surface area contributed by atoms with E-state index in [0.717, 1.165) is 17.5 Å². The van der Waals surface area contributed by atoms with E-state index >= 15 is 0 Å². The molecule has 0 aromatic carbocycles. The zero-order valence-electron chi connectivity index (χ0n) is 10.5. The van der Waals surface area contributed by atoms with E-state index in [9.17, 15) is 0 Å². The van der Waals surface area contributed by atoms with Gasteiger partial charge in [-0.05, 0) is 37.7 Å². The third-order valence-electron chi connectivity index (χ3n) is 3.34. The Morgan fingerprint density at radius 2 is 2.33 bits per heavy atom. The number of rotatable bonds is 3. The van der Waals surface area contributed by atoms with E-state index in [4.69, 9.17) is 11.0 Å².